The minimum absolute atomic E-state index is 0.212. The molecule has 11 heteroatoms. The number of carbonyl (C=O) groups is 1. The van der Waals surface area contributed by atoms with Crippen LogP contribution in [0.5, 0.6) is 0 Å². The van der Waals surface area contributed by atoms with Gasteiger partial charge < -0.3 is 30.4 Å². The molecule has 1 amide bonds. The summed E-state index contributed by atoms with van der Waals surface area (Å²) in [4.78, 5) is 29.1. The van der Waals surface area contributed by atoms with Gasteiger partial charge in [-0.3, -0.25) is 4.79 Å². The molecule has 6 rings (SSSR count). The van der Waals surface area contributed by atoms with Gasteiger partial charge in [-0.1, -0.05) is 11.2 Å². The van der Waals surface area contributed by atoms with Gasteiger partial charge in [0.05, 0.1) is 30.6 Å². The van der Waals surface area contributed by atoms with E-state index >= 15 is 0 Å². The van der Waals surface area contributed by atoms with Gasteiger partial charge in [0.15, 0.2) is 11.5 Å². The maximum Gasteiger partial charge on any atom is 0.257 e. The number of nitrogen functional groups attached to an aromatic ring is 1. The van der Waals surface area contributed by atoms with Crippen LogP contribution in [0.25, 0.3) is 27.6 Å². The number of imidazole rings is 1. The van der Waals surface area contributed by atoms with E-state index in [2.05, 4.69) is 60.0 Å². The van der Waals surface area contributed by atoms with Crippen LogP contribution in [0.3, 0.4) is 0 Å². The molecular formula is C26H27N9O2. The SMILES string of the molecule is Cc1noc(C)c1C(=O)NCc1cc2cc(C3=CCCNC3)cc(Cn3cnc4c(N)ncnc43)c2[nH]1. The molecule has 0 saturated heterocycles. The smallest absolute Gasteiger partial charge is 0.257 e. The molecule has 1 aromatic carbocycles. The van der Waals surface area contributed by atoms with Crippen molar-refractivity contribution in [2.75, 3.05) is 18.8 Å². The Morgan fingerprint density at radius 1 is 1.22 bits per heavy atom. The van der Waals surface area contributed by atoms with Gasteiger partial charge in [-0.15, -0.1) is 0 Å². The molecule has 5 N–H and O–H groups in total. The summed E-state index contributed by atoms with van der Waals surface area (Å²) in [5, 5.41) is 11.4. The first-order valence-electron chi connectivity index (χ1n) is 12.1. The highest BCUT2D eigenvalue weighted by Gasteiger charge is 2.18. The van der Waals surface area contributed by atoms with Crippen molar-refractivity contribution in [1.29, 1.82) is 0 Å². The Hall–Kier alpha value is -4.51. The standard InChI is InChI=1S/C26H27N9O2/c1-14-21(15(2)37-34-14)26(36)29-10-20-8-18-6-17(16-4-3-5-28-9-16)7-19(22(18)33-20)11-35-13-32-23-24(27)30-12-31-25(23)35/h4,6-8,12-13,28,33H,3,5,9-11H2,1-2H3,(H,29,36)(H2,27,30,31). The van der Waals surface area contributed by atoms with Crippen LogP contribution in [-0.2, 0) is 13.1 Å². The third-order valence-corrected chi connectivity index (χ3v) is 6.73. The van der Waals surface area contributed by atoms with Gasteiger partial charge in [0.25, 0.3) is 5.91 Å². The van der Waals surface area contributed by atoms with E-state index in [0.717, 1.165) is 41.7 Å². The molecule has 0 spiro atoms. The van der Waals surface area contributed by atoms with Gasteiger partial charge in [-0.25, -0.2) is 15.0 Å². The number of aromatic amines is 1. The molecule has 0 radical (unpaired) electrons. The molecule has 5 aromatic rings. The highest BCUT2D eigenvalue weighted by molar-refractivity contribution is 5.96. The summed E-state index contributed by atoms with van der Waals surface area (Å²) in [6, 6.07) is 6.49. The molecule has 1 aliphatic heterocycles. The molecule has 0 bridgehead atoms. The van der Waals surface area contributed by atoms with Gasteiger partial charge >= 0.3 is 0 Å². The second-order valence-corrected chi connectivity index (χ2v) is 9.27. The van der Waals surface area contributed by atoms with Crippen molar-refractivity contribution >= 4 is 39.4 Å². The number of nitrogens with two attached hydrogens (primary N) is 1. The van der Waals surface area contributed by atoms with Crippen molar-refractivity contribution in [1.82, 2.24) is 40.3 Å². The average Bonchev–Trinajstić information content (AvgIpc) is 3.60. The van der Waals surface area contributed by atoms with E-state index < -0.39 is 0 Å². The van der Waals surface area contributed by atoms with E-state index in [1.54, 1.807) is 20.2 Å². The first-order valence-corrected chi connectivity index (χ1v) is 12.1. The van der Waals surface area contributed by atoms with Crippen molar-refractivity contribution in [3.8, 4) is 0 Å². The lowest BCUT2D eigenvalue weighted by Crippen LogP contribution is -2.23. The van der Waals surface area contributed by atoms with Crippen LogP contribution in [-0.4, -0.2) is 48.7 Å². The Morgan fingerprint density at radius 2 is 2.11 bits per heavy atom. The fourth-order valence-corrected chi connectivity index (χ4v) is 4.92. The van der Waals surface area contributed by atoms with Crippen LogP contribution < -0.4 is 16.4 Å². The number of H-pyrrole nitrogens is 1. The number of aromatic nitrogens is 6. The fourth-order valence-electron chi connectivity index (χ4n) is 4.92. The monoisotopic (exact) mass is 497 g/mol. The molecule has 11 nitrogen and oxygen atoms in total. The molecule has 1 aliphatic rings. The third-order valence-electron chi connectivity index (χ3n) is 6.73. The lowest BCUT2D eigenvalue weighted by atomic mass is 9.98. The number of rotatable bonds is 6. The predicted molar refractivity (Wildman–Crippen MR) is 140 cm³/mol. The number of carbonyl (C=O) groups excluding carboxylic acids is 1. The Labute approximate surface area is 212 Å². The largest absolute Gasteiger partial charge is 0.382 e. The molecule has 0 fully saturated rings. The van der Waals surface area contributed by atoms with Crippen LogP contribution in [0.1, 0.15) is 45.1 Å². The van der Waals surface area contributed by atoms with E-state index in [1.165, 1.54) is 17.5 Å². The molecule has 0 saturated carbocycles. The number of hydrogen-bond acceptors (Lipinski definition) is 8. The third kappa shape index (κ3) is 4.23. The van der Waals surface area contributed by atoms with Crippen LogP contribution in [0.15, 0.2) is 41.5 Å². The van der Waals surface area contributed by atoms with Crippen molar-refractivity contribution < 1.29 is 9.32 Å². The van der Waals surface area contributed by atoms with Gasteiger partial charge in [-0.05, 0) is 61.7 Å². The number of benzene rings is 1. The van der Waals surface area contributed by atoms with Crippen molar-refractivity contribution in [2.24, 2.45) is 0 Å². The average molecular weight is 498 g/mol. The summed E-state index contributed by atoms with van der Waals surface area (Å²) in [5.41, 5.74) is 13.7. The lowest BCUT2D eigenvalue weighted by molar-refractivity contribution is 0.0948. The number of nitrogens with zero attached hydrogens (tertiary/aromatic N) is 5. The Kier molecular flexibility index (Phi) is 5.68. The maximum absolute atomic E-state index is 12.8. The Balaban J connectivity index is 1.36. The second kappa shape index (κ2) is 9.17. The molecule has 0 atom stereocenters. The van der Waals surface area contributed by atoms with Crippen molar-refractivity contribution in [3.05, 3.63) is 70.8 Å². The lowest BCUT2D eigenvalue weighted by Gasteiger charge is -2.16. The van der Waals surface area contributed by atoms with E-state index in [-0.39, 0.29) is 5.91 Å². The minimum Gasteiger partial charge on any atom is -0.382 e. The molecule has 37 heavy (non-hydrogen) atoms. The highest BCUT2D eigenvalue weighted by atomic mass is 16.5. The zero-order valence-electron chi connectivity index (χ0n) is 20.6. The molecule has 0 aliphatic carbocycles. The van der Waals surface area contributed by atoms with E-state index in [9.17, 15) is 4.79 Å². The van der Waals surface area contributed by atoms with Crippen LogP contribution in [0, 0.1) is 13.8 Å². The van der Waals surface area contributed by atoms with Gasteiger partial charge in [0.1, 0.15) is 23.2 Å². The number of anilines is 1. The Morgan fingerprint density at radius 3 is 2.89 bits per heavy atom. The van der Waals surface area contributed by atoms with E-state index in [1.807, 2.05) is 4.57 Å². The molecule has 4 aromatic heterocycles. The zero-order chi connectivity index (χ0) is 25.5. The highest BCUT2D eigenvalue weighted by Crippen LogP contribution is 2.28. The quantitative estimate of drug-likeness (QED) is 0.279. The maximum atomic E-state index is 12.8. The van der Waals surface area contributed by atoms with Gasteiger partial charge in [-0.2, -0.15) is 0 Å². The van der Waals surface area contributed by atoms with E-state index in [0.29, 0.717) is 47.1 Å². The second-order valence-electron chi connectivity index (χ2n) is 9.27. The molecule has 188 valence electrons. The number of nitrogens with one attached hydrogen (secondary N) is 3. The van der Waals surface area contributed by atoms with Crippen LogP contribution in [0.2, 0.25) is 0 Å². The number of hydrogen-bond donors (Lipinski definition) is 4. The topological polar surface area (TPSA) is 153 Å². The Bertz CT molecular complexity index is 1650. The van der Waals surface area contributed by atoms with Crippen molar-refractivity contribution in [2.45, 2.75) is 33.4 Å². The first-order chi connectivity index (χ1) is 18.0. The minimum atomic E-state index is -0.212. The predicted octanol–water partition coefficient (Wildman–Crippen LogP) is 2.85. The summed E-state index contributed by atoms with van der Waals surface area (Å²) in [7, 11) is 0. The van der Waals surface area contributed by atoms with E-state index in [4.69, 9.17) is 10.3 Å². The summed E-state index contributed by atoms with van der Waals surface area (Å²) in [6.07, 6.45) is 6.48. The summed E-state index contributed by atoms with van der Waals surface area (Å²) in [6.45, 7) is 6.19. The number of fused-ring (bicyclic) bond motifs is 2. The van der Waals surface area contributed by atoms with Crippen molar-refractivity contribution in [3.63, 3.8) is 0 Å². The number of aryl methyl sites for hydroxylation is 2. The summed E-state index contributed by atoms with van der Waals surface area (Å²) < 4.78 is 7.11. The van der Waals surface area contributed by atoms with Gasteiger partial charge in [0.2, 0.25) is 0 Å². The molecule has 5 heterocycles. The first kappa shape index (κ1) is 22.9. The summed E-state index contributed by atoms with van der Waals surface area (Å²) in [5.74, 6) is 0.652. The molecular weight excluding hydrogens is 470 g/mol. The number of amides is 1. The fraction of sp³-hybridized carbons (Fsp3) is 0.269. The van der Waals surface area contributed by atoms with Crippen LogP contribution >= 0.6 is 0 Å². The normalized spacial score (nSPS) is 13.8. The van der Waals surface area contributed by atoms with Gasteiger partial charge in [0, 0.05) is 17.6 Å². The molecule has 0 unspecified atom stereocenters. The zero-order valence-corrected chi connectivity index (χ0v) is 20.6. The summed E-state index contributed by atoms with van der Waals surface area (Å²) >= 11 is 0. The van der Waals surface area contributed by atoms with Crippen LogP contribution in [0.4, 0.5) is 5.82 Å².